The van der Waals surface area contributed by atoms with Crippen molar-refractivity contribution >= 4 is 29.2 Å². The molecule has 0 radical (unpaired) electrons. The molecular formula is C21H22ClN3O4. The van der Waals surface area contributed by atoms with Crippen molar-refractivity contribution in [3.05, 3.63) is 61.0 Å². The van der Waals surface area contributed by atoms with Crippen molar-refractivity contribution in [3.63, 3.8) is 0 Å². The molecule has 0 saturated carbocycles. The predicted molar refractivity (Wildman–Crippen MR) is 110 cm³/mol. The lowest BCUT2D eigenvalue weighted by atomic mass is 9.99. The number of aromatic nitrogens is 1. The SMILES string of the molecule is Cc1cc(C)c(NC(=O)COC(=O)CCc2c(C)[nH]c(=O)c(C#N)c2C)c(Cl)c1. The van der Waals surface area contributed by atoms with E-state index in [-0.39, 0.29) is 18.4 Å². The lowest BCUT2D eigenvalue weighted by Gasteiger charge is -2.12. The van der Waals surface area contributed by atoms with Crippen molar-refractivity contribution in [2.45, 2.75) is 40.5 Å². The standard InChI is InChI=1S/C21H22ClN3O4/c1-11-7-12(2)20(17(22)8-11)25-18(26)10-29-19(27)6-5-15-13(3)16(9-23)21(28)24-14(15)4/h7-8H,5-6,10H2,1-4H3,(H,24,28)(H,25,26). The highest BCUT2D eigenvalue weighted by Crippen LogP contribution is 2.27. The number of rotatable bonds is 6. The summed E-state index contributed by atoms with van der Waals surface area (Å²) in [5.41, 5.74) is 3.72. The van der Waals surface area contributed by atoms with Crippen LogP contribution in [0.15, 0.2) is 16.9 Å². The Morgan fingerprint density at radius 1 is 1.24 bits per heavy atom. The van der Waals surface area contributed by atoms with Crippen LogP contribution in [0.1, 0.15) is 39.9 Å². The quantitative estimate of drug-likeness (QED) is 0.703. The molecule has 152 valence electrons. The summed E-state index contributed by atoms with van der Waals surface area (Å²) in [6.45, 7) is 6.66. The molecule has 2 aromatic rings. The van der Waals surface area contributed by atoms with Crippen LogP contribution in [0.2, 0.25) is 5.02 Å². The molecule has 8 heteroatoms. The number of nitriles is 1. The zero-order valence-corrected chi connectivity index (χ0v) is 17.5. The molecule has 7 nitrogen and oxygen atoms in total. The Hall–Kier alpha value is -3.11. The van der Waals surface area contributed by atoms with E-state index < -0.39 is 24.0 Å². The second-order valence-electron chi connectivity index (χ2n) is 6.82. The third-order valence-corrected chi connectivity index (χ3v) is 4.86. The number of nitrogens with one attached hydrogen (secondary N) is 2. The minimum atomic E-state index is -0.560. The zero-order chi connectivity index (χ0) is 21.7. The van der Waals surface area contributed by atoms with E-state index in [4.69, 9.17) is 21.6 Å². The fourth-order valence-electron chi connectivity index (χ4n) is 3.12. The molecule has 0 fully saturated rings. The van der Waals surface area contributed by atoms with E-state index >= 15 is 0 Å². The van der Waals surface area contributed by atoms with Crippen LogP contribution in [0, 0.1) is 39.0 Å². The molecule has 0 aliphatic heterocycles. The van der Waals surface area contributed by atoms with Crippen LogP contribution in [-0.2, 0) is 20.7 Å². The minimum absolute atomic E-state index is 0.0101. The molecular weight excluding hydrogens is 394 g/mol. The molecule has 1 amide bonds. The molecule has 0 atom stereocenters. The molecule has 1 heterocycles. The number of halogens is 1. The van der Waals surface area contributed by atoms with Gasteiger partial charge in [0.25, 0.3) is 11.5 Å². The van der Waals surface area contributed by atoms with Crippen molar-refractivity contribution in [3.8, 4) is 6.07 Å². The molecule has 0 bridgehead atoms. The molecule has 0 saturated heterocycles. The van der Waals surface area contributed by atoms with Gasteiger partial charge in [0, 0.05) is 12.1 Å². The third-order valence-electron chi connectivity index (χ3n) is 4.56. The van der Waals surface area contributed by atoms with E-state index in [0.29, 0.717) is 27.5 Å². The molecule has 29 heavy (non-hydrogen) atoms. The molecule has 2 rings (SSSR count). The van der Waals surface area contributed by atoms with Crippen LogP contribution in [0.5, 0.6) is 0 Å². The summed E-state index contributed by atoms with van der Waals surface area (Å²) < 4.78 is 5.03. The highest BCUT2D eigenvalue weighted by Gasteiger charge is 2.15. The van der Waals surface area contributed by atoms with Crippen molar-refractivity contribution in [1.82, 2.24) is 4.98 Å². The van der Waals surface area contributed by atoms with Crippen LogP contribution < -0.4 is 10.9 Å². The Kier molecular flexibility index (Phi) is 7.18. The first-order valence-electron chi connectivity index (χ1n) is 8.98. The number of aryl methyl sites for hydroxylation is 3. The number of carbonyl (C=O) groups excluding carboxylic acids is 2. The van der Waals surface area contributed by atoms with Gasteiger partial charge >= 0.3 is 5.97 Å². The Balaban J connectivity index is 1.94. The first-order chi connectivity index (χ1) is 13.6. The van der Waals surface area contributed by atoms with Gasteiger partial charge in [0.1, 0.15) is 11.6 Å². The van der Waals surface area contributed by atoms with Gasteiger partial charge in [-0.05, 0) is 62.4 Å². The van der Waals surface area contributed by atoms with Crippen LogP contribution in [0.3, 0.4) is 0 Å². The lowest BCUT2D eigenvalue weighted by molar-refractivity contribution is -0.147. The fourth-order valence-corrected chi connectivity index (χ4v) is 3.48. The molecule has 1 aromatic heterocycles. The number of nitrogens with zero attached hydrogens (tertiary/aromatic N) is 1. The molecule has 1 aromatic carbocycles. The largest absolute Gasteiger partial charge is 0.456 e. The van der Waals surface area contributed by atoms with Gasteiger partial charge < -0.3 is 15.0 Å². The number of ether oxygens (including phenoxy) is 1. The smallest absolute Gasteiger partial charge is 0.306 e. The highest BCUT2D eigenvalue weighted by atomic mass is 35.5. The predicted octanol–water partition coefficient (Wildman–Crippen LogP) is 3.25. The van der Waals surface area contributed by atoms with Crippen LogP contribution in [-0.4, -0.2) is 23.5 Å². The topological polar surface area (TPSA) is 112 Å². The van der Waals surface area contributed by atoms with Gasteiger partial charge in [0.15, 0.2) is 6.61 Å². The molecule has 0 spiro atoms. The summed E-state index contributed by atoms with van der Waals surface area (Å²) in [6.07, 6.45) is 0.294. The second-order valence-corrected chi connectivity index (χ2v) is 7.22. The molecule has 0 aliphatic carbocycles. The van der Waals surface area contributed by atoms with Gasteiger partial charge in [0.2, 0.25) is 0 Å². The maximum absolute atomic E-state index is 12.1. The normalized spacial score (nSPS) is 10.3. The number of esters is 1. The van der Waals surface area contributed by atoms with Gasteiger partial charge in [-0.3, -0.25) is 14.4 Å². The number of anilines is 1. The van der Waals surface area contributed by atoms with Crippen molar-refractivity contribution < 1.29 is 14.3 Å². The van der Waals surface area contributed by atoms with E-state index in [0.717, 1.165) is 11.1 Å². The summed E-state index contributed by atoms with van der Waals surface area (Å²) in [6, 6.07) is 5.49. The van der Waals surface area contributed by atoms with E-state index in [1.807, 2.05) is 26.0 Å². The average Bonchev–Trinajstić information content (AvgIpc) is 2.62. The Morgan fingerprint density at radius 2 is 1.93 bits per heavy atom. The Bertz CT molecular complexity index is 1040. The number of aromatic amines is 1. The van der Waals surface area contributed by atoms with Gasteiger partial charge in [-0.2, -0.15) is 5.26 Å². The van der Waals surface area contributed by atoms with E-state index in [9.17, 15) is 14.4 Å². The molecule has 0 unspecified atom stereocenters. The summed E-state index contributed by atoms with van der Waals surface area (Å²) in [5.74, 6) is -1.05. The average molecular weight is 416 g/mol. The highest BCUT2D eigenvalue weighted by molar-refractivity contribution is 6.34. The summed E-state index contributed by atoms with van der Waals surface area (Å²) in [7, 11) is 0. The molecule has 0 aliphatic rings. The second kappa shape index (κ2) is 9.39. The summed E-state index contributed by atoms with van der Waals surface area (Å²) in [4.78, 5) is 38.5. The van der Waals surface area contributed by atoms with E-state index in [1.165, 1.54) is 0 Å². The first-order valence-corrected chi connectivity index (χ1v) is 9.36. The number of amides is 1. The first kappa shape index (κ1) is 22.2. The van der Waals surface area contributed by atoms with Gasteiger partial charge in [0.05, 0.1) is 10.7 Å². The Labute approximate surface area is 173 Å². The Morgan fingerprint density at radius 3 is 2.55 bits per heavy atom. The van der Waals surface area contributed by atoms with Crippen molar-refractivity contribution in [2.24, 2.45) is 0 Å². The maximum atomic E-state index is 12.1. The number of carbonyl (C=O) groups is 2. The lowest BCUT2D eigenvalue weighted by Crippen LogP contribution is -2.22. The van der Waals surface area contributed by atoms with Gasteiger partial charge in [-0.25, -0.2) is 0 Å². The monoisotopic (exact) mass is 415 g/mol. The fraction of sp³-hybridized carbons (Fsp3) is 0.333. The van der Waals surface area contributed by atoms with E-state index in [2.05, 4.69) is 10.3 Å². The van der Waals surface area contributed by atoms with Crippen molar-refractivity contribution in [2.75, 3.05) is 11.9 Å². The van der Waals surface area contributed by atoms with Gasteiger partial charge in [-0.1, -0.05) is 17.7 Å². The number of hydrogen-bond acceptors (Lipinski definition) is 5. The van der Waals surface area contributed by atoms with E-state index in [1.54, 1.807) is 19.9 Å². The summed E-state index contributed by atoms with van der Waals surface area (Å²) >= 11 is 6.15. The zero-order valence-electron chi connectivity index (χ0n) is 16.7. The van der Waals surface area contributed by atoms with Crippen molar-refractivity contribution in [1.29, 1.82) is 5.26 Å². The maximum Gasteiger partial charge on any atom is 0.306 e. The minimum Gasteiger partial charge on any atom is -0.456 e. The summed E-state index contributed by atoms with van der Waals surface area (Å²) in [5, 5.41) is 12.2. The van der Waals surface area contributed by atoms with Crippen LogP contribution in [0.4, 0.5) is 5.69 Å². The number of H-pyrrole nitrogens is 1. The van der Waals surface area contributed by atoms with Crippen LogP contribution in [0.25, 0.3) is 0 Å². The number of benzene rings is 1. The number of hydrogen-bond donors (Lipinski definition) is 2. The third kappa shape index (κ3) is 5.46. The number of pyridine rings is 1. The van der Waals surface area contributed by atoms with Gasteiger partial charge in [-0.15, -0.1) is 0 Å². The molecule has 2 N–H and O–H groups in total. The van der Waals surface area contributed by atoms with Crippen LogP contribution >= 0.6 is 11.6 Å².